The summed E-state index contributed by atoms with van der Waals surface area (Å²) >= 11 is 0. The molecule has 0 atom stereocenters. The second-order valence-corrected chi connectivity index (χ2v) is 5.68. The maximum Gasteiger partial charge on any atom is 0.255 e. The van der Waals surface area contributed by atoms with E-state index < -0.39 is 0 Å². The molecule has 0 aliphatic rings. The number of carbonyl (C=O) groups excluding carboxylic acids is 1. The Kier molecular flexibility index (Phi) is 3.98. The molecule has 3 aromatic rings. The molecule has 116 valence electrons. The van der Waals surface area contributed by atoms with Gasteiger partial charge < -0.3 is 5.32 Å². The number of hydrogen-bond acceptors (Lipinski definition) is 2. The summed E-state index contributed by atoms with van der Waals surface area (Å²) in [6, 6.07) is 17.2. The summed E-state index contributed by atoms with van der Waals surface area (Å²) < 4.78 is 1.85. The van der Waals surface area contributed by atoms with Crippen LogP contribution in [0.2, 0.25) is 0 Å². The summed E-state index contributed by atoms with van der Waals surface area (Å²) in [4.78, 5) is 12.5. The number of hydrogen-bond donors (Lipinski definition) is 1. The maximum atomic E-state index is 12.5. The van der Waals surface area contributed by atoms with Gasteiger partial charge >= 0.3 is 0 Å². The highest BCUT2D eigenvalue weighted by Gasteiger charge is 2.12. The molecule has 0 aliphatic heterocycles. The molecule has 4 nitrogen and oxygen atoms in total. The lowest BCUT2D eigenvalue weighted by molar-refractivity contribution is 0.102. The number of carbonyl (C=O) groups is 1. The maximum absolute atomic E-state index is 12.5. The fourth-order valence-corrected chi connectivity index (χ4v) is 2.54. The van der Waals surface area contributed by atoms with Gasteiger partial charge in [-0.3, -0.25) is 4.79 Å². The van der Waals surface area contributed by atoms with Gasteiger partial charge in [-0.1, -0.05) is 29.8 Å². The average molecular weight is 305 g/mol. The lowest BCUT2D eigenvalue weighted by Gasteiger charge is -2.12. The number of para-hydroxylation sites is 2. The predicted molar refractivity (Wildman–Crippen MR) is 92.2 cm³/mol. The molecule has 0 bridgehead atoms. The van der Waals surface area contributed by atoms with Gasteiger partial charge in [0.2, 0.25) is 0 Å². The molecule has 0 saturated heterocycles. The number of rotatable bonds is 3. The molecule has 4 heteroatoms. The first-order valence-corrected chi connectivity index (χ1v) is 7.55. The van der Waals surface area contributed by atoms with Crippen LogP contribution in [0, 0.1) is 20.8 Å². The van der Waals surface area contributed by atoms with Gasteiger partial charge in [0.05, 0.1) is 17.1 Å². The van der Waals surface area contributed by atoms with Gasteiger partial charge in [-0.2, -0.15) is 5.10 Å². The van der Waals surface area contributed by atoms with Crippen molar-refractivity contribution in [3.63, 3.8) is 0 Å². The molecule has 1 heterocycles. The first-order chi connectivity index (χ1) is 11.0. The zero-order valence-electron chi connectivity index (χ0n) is 13.5. The van der Waals surface area contributed by atoms with Crippen molar-refractivity contribution in [2.45, 2.75) is 20.8 Å². The summed E-state index contributed by atoms with van der Waals surface area (Å²) in [6.07, 6.45) is 0. The molecule has 0 unspecified atom stereocenters. The highest BCUT2D eigenvalue weighted by Crippen LogP contribution is 2.22. The Labute approximate surface area is 135 Å². The topological polar surface area (TPSA) is 46.9 Å². The smallest absolute Gasteiger partial charge is 0.255 e. The highest BCUT2D eigenvalue weighted by molar-refractivity contribution is 6.05. The Morgan fingerprint density at radius 2 is 1.70 bits per heavy atom. The zero-order chi connectivity index (χ0) is 16.4. The van der Waals surface area contributed by atoms with E-state index in [1.54, 1.807) is 0 Å². The van der Waals surface area contributed by atoms with Crippen LogP contribution in [-0.4, -0.2) is 15.7 Å². The lowest BCUT2D eigenvalue weighted by atomic mass is 10.1. The molecule has 1 amide bonds. The Morgan fingerprint density at radius 3 is 2.35 bits per heavy atom. The van der Waals surface area contributed by atoms with E-state index >= 15 is 0 Å². The third-order valence-corrected chi connectivity index (χ3v) is 3.70. The van der Waals surface area contributed by atoms with Gasteiger partial charge in [0, 0.05) is 11.3 Å². The second-order valence-electron chi connectivity index (χ2n) is 5.68. The van der Waals surface area contributed by atoms with Crippen LogP contribution in [0.5, 0.6) is 0 Å². The Hall–Kier alpha value is -2.88. The molecule has 2 aromatic carbocycles. The standard InChI is InChI=1S/C19H19N3O/c1-13-8-10-16(11-9-13)19(23)20-17-6-4-5-7-18(17)22-15(3)12-14(2)21-22/h4-12H,1-3H3,(H,20,23). The van der Waals surface area contributed by atoms with Crippen molar-refractivity contribution < 1.29 is 4.79 Å². The van der Waals surface area contributed by atoms with E-state index in [1.807, 2.05) is 80.1 Å². The highest BCUT2D eigenvalue weighted by atomic mass is 16.1. The quantitative estimate of drug-likeness (QED) is 0.793. The molecule has 1 N–H and O–H groups in total. The van der Waals surface area contributed by atoms with Gasteiger partial charge in [-0.15, -0.1) is 0 Å². The first-order valence-electron chi connectivity index (χ1n) is 7.55. The van der Waals surface area contributed by atoms with Crippen molar-refractivity contribution in [3.8, 4) is 5.69 Å². The molecule has 0 radical (unpaired) electrons. The minimum absolute atomic E-state index is 0.126. The van der Waals surface area contributed by atoms with Crippen LogP contribution in [0.3, 0.4) is 0 Å². The fourth-order valence-electron chi connectivity index (χ4n) is 2.54. The van der Waals surface area contributed by atoms with E-state index in [0.717, 1.165) is 28.3 Å². The van der Waals surface area contributed by atoms with Gasteiger partial charge in [0.15, 0.2) is 0 Å². The Morgan fingerprint density at radius 1 is 1.00 bits per heavy atom. The molecular formula is C19H19N3O. The van der Waals surface area contributed by atoms with Crippen molar-refractivity contribution >= 4 is 11.6 Å². The molecule has 3 rings (SSSR count). The monoisotopic (exact) mass is 305 g/mol. The van der Waals surface area contributed by atoms with Crippen molar-refractivity contribution in [2.24, 2.45) is 0 Å². The summed E-state index contributed by atoms with van der Waals surface area (Å²) in [5, 5.41) is 7.48. The normalized spacial score (nSPS) is 10.6. The number of nitrogens with one attached hydrogen (secondary N) is 1. The van der Waals surface area contributed by atoms with E-state index in [4.69, 9.17) is 0 Å². The molecule has 23 heavy (non-hydrogen) atoms. The first kappa shape index (κ1) is 15.0. The van der Waals surface area contributed by atoms with Gasteiger partial charge in [0.1, 0.15) is 0 Å². The van der Waals surface area contributed by atoms with E-state index in [2.05, 4.69) is 10.4 Å². The zero-order valence-corrected chi connectivity index (χ0v) is 13.5. The largest absolute Gasteiger partial charge is 0.320 e. The number of benzene rings is 2. The molecule has 0 saturated carbocycles. The predicted octanol–water partition coefficient (Wildman–Crippen LogP) is 4.05. The van der Waals surface area contributed by atoms with Gasteiger partial charge in [-0.05, 0) is 51.1 Å². The van der Waals surface area contributed by atoms with Crippen molar-refractivity contribution in [3.05, 3.63) is 77.1 Å². The SMILES string of the molecule is Cc1ccc(C(=O)Nc2ccccc2-n2nc(C)cc2C)cc1. The van der Waals surface area contributed by atoms with Crippen molar-refractivity contribution in [1.29, 1.82) is 0 Å². The molecule has 1 aromatic heterocycles. The second kappa shape index (κ2) is 6.08. The minimum atomic E-state index is -0.126. The van der Waals surface area contributed by atoms with E-state index in [9.17, 15) is 4.79 Å². The van der Waals surface area contributed by atoms with Crippen LogP contribution in [0.15, 0.2) is 54.6 Å². The van der Waals surface area contributed by atoms with Crippen LogP contribution >= 0.6 is 0 Å². The van der Waals surface area contributed by atoms with E-state index in [1.165, 1.54) is 0 Å². The van der Waals surface area contributed by atoms with Gasteiger partial charge in [0.25, 0.3) is 5.91 Å². The molecule has 0 fully saturated rings. The lowest BCUT2D eigenvalue weighted by Crippen LogP contribution is -2.14. The van der Waals surface area contributed by atoms with Crippen LogP contribution in [0.1, 0.15) is 27.3 Å². The van der Waals surface area contributed by atoms with Crippen LogP contribution in [0.25, 0.3) is 5.69 Å². The van der Waals surface area contributed by atoms with Crippen LogP contribution in [0.4, 0.5) is 5.69 Å². The number of aryl methyl sites for hydroxylation is 3. The molecular weight excluding hydrogens is 286 g/mol. The summed E-state index contributed by atoms with van der Waals surface area (Å²) in [5.74, 6) is -0.126. The third kappa shape index (κ3) is 3.16. The number of anilines is 1. The molecule has 0 spiro atoms. The Balaban J connectivity index is 1.93. The number of aromatic nitrogens is 2. The Bertz CT molecular complexity index is 847. The van der Waals surface area contributed by atoms with E-state index in [0.29, 0.717) is 5.56 Å². The summed E-state index contributed by atoms with van der Waals surface area (Å²) in [5.41, 5.74) is 5.34. The number of nitrogens with zero attached hydrogens (tertiary/aromatic N) is 2. The third-order valence-electron chi connectivity index (χ3n) is 3.70. The van der Waals surface area contributed by atoms with Crippen LogP contribution < -0.4 is 5.32 Å². The number of amides is 1. The summed E-state index contributed by atoms with van der Waals surface area (Å²) in [6.45, 7) is 5.95. The minimum Gasteiger partial charge on any atom is -0.320 e. The van der Waals surface area contributed by atoms with Crippen molar-refractivity contribution in [1.82, 2.24) is 9.78 Å². The van der Waals surface area contributed by atoms with E-state index in [-0.39, 0.29) is 5.91 Å². The van der Waals surface area contributed by atoms with Crippen molar-refractivity contribution in [2.75, 3.05) is 5.32 Å². The average Bonchev–Trinajstić information content (AvgIpc) is 2.87. The summed E-state index contributed by atoms with van der Waals surface area (Å²) in [7, 11) is 0. The molecule has 0 aliphatic carbocycles. The van der Waals surface area contributed by atoms with Crippen LogP contribution in [-0.2, 0) is 0 Å². The fraction of sp³-hybridized carbons (Fsp3) is 0.158. The van der Waals surface area contributed by atoms with Gasteiger partial charge in [-0.25, -0.2) is 4.68 Å².